The standard InChI is InChI=1S/C26H25F3N8/c1-25(30)9-10-36(15-25)23(26(27,28)29)18-6-8-22-33-34-24(37(22)14-18)20-7-5-16-3-4-17(11-21(16)32-20)19-12-31-35(2)13-19/h3-8,11-14,23H,9-10,15,30H2,1-2H3/t23-,25-/m0/s1. The first-order valence-electron chi connectivity index (χ1n) is 11.9. The maximum atomic E-state index is 14.3. The number of aromatic nitrogens is 6. The molecule has 4 aromatic heterocycles. The van der Waals surface area contributed by atoms with Crippen LogP contribution in [0.2, 0.25) is 0 Å². The van der Waals surface area contributed by atoms with Gasteiger partial charge in [-0.15, -0.1) is 10.2 Å². The van der Waals surface area contributed by atoms with Crippen LogP contribution in [0.25, 0.3) is 39.2 Å². The van der Waals surface area contributed by atoms with Crippen LogP contribution in [0.1, 0.15) is 24.9 Å². The topological polar surface area (TPSA) is 90.2 Å². The highest BCUT2D eigenvalue weighted by Crippen LogP contribution is 2.41. The number of aryl methyl sites for hydroxylation is 1. The summed E-state index contributed by atoms with van der Waals surface area (Å²) in [6.07, 6.45) is 1.20. The number of halogens is 3. The van der Waals surface area contributed by atoms with E-state index in [2.05, 4.69) is 15.3 Å². The normalized spacial score (nSPS) is 19.7. The van der Waals surface area contributed by atoms with E-state index in [1.807, 2.05) is 37.5 Å². The molecule has 1 aliphatic rings. The third-order valence-electron chi connectivity index (χ3n) is 6.91. The zero-order chi connectivity index (χ0) is 25.9. The summed E-state index contributed by atoms with van der Waals surface area (Å²) < 4.78 is 46.1. The van der Waals surface area contributed by atoms with Gasteiger partial charge in [0.1, 0.15) is 11.7 Å². The lowest BCUT2D eigenvalue weighted by atomic mass is 10.0. The number of nitrogens with zero attached hydrogens (tertiary/aromatic N) is 7. The van der Waals surface area contributed by atoms with E-state index >= 15 is 0 Å². The van der Waals surface area contributed by atoms with Crippen molar-refractivity contribution in [3.05, 3.63) is 66.6 Å². The molecule has 5 aromatic rings. The van der Waals surface area contributed by atoms with Crippen molar-refractivity contribution in [2.24, 2.45) is 12.8 Å². The molecule has 6 rings (SSSR count). The molecule has 0 saturated carbocycles. The zero-order valence-corrected chi connectivity index (χ0v) is 20.3. The quantitative estimate of drug-likeness (QED) is 0.389. The highest BCUT2D eigenvalue weighted by Gasteiger charge is 2.48. The molecule has 2 N–H and O–H groups in total. The monoisotopic (exact) mass is 506 g/mol. The summed E-state index contributed by atoms with van der Waals surface area (Å²) in [7, 11) is 1.85. The fourth-order valence-electron chi connectivity index (χ4n) is 5.08. The second-order valence-electron chi connectivity index (χ2n) is 10.0. The predicted octanol–water partition coefficient (Wildman–Crippen LogP) is 4.37. The van der Waals surface area contributed by atoms with Crippen molar-refractivity contribution in [2.45, 2.75) is 31.1 Å². The molecule has 5 heterocycles. The largest absolute Gasteiger partial charge is 0.408 e. The molecular weight excluding hydrogens is 481 g/mol. The lowest BCUT2D eigenvalue weighted by molar-refractivity contribution is -0.184. The molecule has 1 saturated heterocycles. The Morgan fingerprint density at radius 2 is 1.84 bits per heavy atom. The zero-order valence-electron chi connectivity index (χ0n) is 20.3. The Morgan fingerprint density at radius 1 is 1.03 bits per heavy atom. The van der Waals surface area contributed by atoms with Crippen molar-refractivity contribution >= 4 is 16.6 Å². The van der Waals surface area contributed by atoms with Gasteiger partial charge < -0.3 is 5.73 Å². The Balaban J connectivity index is 1.42. The minimum atomic E-state index is -4.47. The molecule has 190 valence electrons. The third-order valence-corrected chi connectivity index (χ3v) is 6.91. The molecular formula is C26H25F3N8. The van der Waals surface area contributed by atoms with Crippen LogP contribution in [-0.4, -0.2) is 59.1 Å². The first-order chi connectivity index (χ1) is 17.6. The molecule has 0 bridgehead atoms. The lowest BCUT2D eigenvalue weighted by Crippen LogP contribution is -2.43. The summed E-state index contributed by atoms with van der Waals surface area (Å²) in [6, 6.07) is 10.9. The minimum Gasteiger partial charge on any atom is -0.324 e. The van der Waals surface area contributed by atoms with Gasteiger partial charge in [0, 0.05) is 49.0 Å². The van der Waals surface area contributed by atoms with Crippen LogP contribution in [0.15, 0.2) is 61.1 Å². The molecule has 0 spiro atoms. The Bertz CT molecular complexity index is 1620. The van der Waals surface area contributed by atoms with Crippen molar-refractivity contribution in [1.82, 2.24) is 34.3 Å². The molecule has 0 radical (unpaired) electrons. The number of benzene rings is 1. The smallest absolute Gasteiger partial charge is 0.324 e. The first-order valence-corrected chi connectivity index (χ1v) is 11.9. The van der Waals surface area contributed by atoms with Crippen LogP contribution in [0, 0.1) is 0 Å². The molecule has 0 amide bonds. The van der Waals surface area contributed by atoms with E-state index in [1.54, 1.807) is 34.3 Å². The summed E-state index contributed by atoms with van der Waals surface area (Å²) in [5.74, 6) is 0.372. The highest BCUT2D eigenvalue weighted by atomic mass is 19.4. The van der Waals surface area contributed by atoms with Crippen LogP contribution in [0.3, 0.4) is 0 Å². The number of hydrogen-bond donors (Lipinski definition) is 1. The number of alkyl halides is 3. The Morgan fingerprint density at radius 3 is 2.54 bits per heavy atom. The molecule has 1 aromatic carbocycles. The van der Waals surface area contributed by atoms with Crippen LogP contribution < -0.4 is 5.73 Å². The molecule has 0 unspecified atom stereocenters. The average molecular weight is 507 g/mol. The first kappa shape index (κ1) is 23.6. The van der Waals surface area contributed by atoms with Gasteiger partial charge in [0.25, 0.3) is 0 Å². The van der Waals surface area contributed by atoms with Crippen molar-refractivity contribution in [3.63, 3.8) is 0 Å². The van der Waals surface area contributed by atoms with Crippen molar-refractivity contribution in [1.29, 1.82) is 0 Å². The summed E-state index contributed by atoms with van der Waals surface area (Å²) in [5, 5.41) is 13.6. The van der Waals surface area contributed by atoms with E-state index < -0.39 is 17.8 Å². The summed E-state index contributed by atoms with van der Waals surface area (Å²) in [6.45, 7) is 2.22. The molecule has 11 heteroatoms. The number of likely N-dealkylation sites (tertiary alicyclic amines) is 1. The summed E-state index contributed by atoms with van der Waals surface area (Å²) >= 11 is 0. The van der Waals surface area contributed by atoms with Gasteiger partial charge >= 0.3 is 6.18 Å². The van der Waals surface area contributed by atoms with E-state index in [1.165, 1.54) is 17.2 Å². The Kier molecular flexibility index (Phi) is 5.32. The predicted molar refractivity (Wildman–Crippen MR) is 134 cm³/mol. The van der Waals surface area contributed by atoms with Crippen LogP contribution in [-0.2, 0) is 7.05 Å². The van der Waals surface area contributed by atoms with Gasteiger partial charge in [-0.2, -0.15) is 18.3 Å². The van der Waals surface area contributed by atoms with E-state index in [0.29, 0.717) is 23.6 Å². The number of fused-ring (bicyclic) bond motifs is 2. The van der Waals surface area contributed by atoms with Gasteiger partial charge in [-0.1, -0.05) is 24.3 Å². The average Bonchev–Trinajstić information content (AvgIpc) is 3.55. The maximum Gasteiger partial charge on any atom is 0.408 e. The number of hydrogen-bond acceptors (Lipinski definition) is 6. The molecule has 1 fully saturated rings. The van der Waals surface area contributed by atoms with E-state index in [0.717, 1.165) is 22.0 Å². The van der Waals surface area contributed by atoms with Gasteiger partial charge in [-0.05, 0) is 42.7 Å². The molecule has 0 aliphatic carbocycles. The van der Waals surface area contributed by atoms with Crippen LogP contribution in [0.5, 0.6) is 0 Å². The lowest BCUT2D eigenvalue weighted by Gasteiger charge is -2.31. The maximum absolute atomic E-state index is 14.3. The van der Waals surface area contributed by atoms with Gasteiger partial charge in [-0.25, -0.2) is 4.98 Å². The van der Waals surface area contributed by atoms with Gasteiger partial charge in [0.05, 0.1) is 11.7 Å². The molecule has 37 heavy (non-hydrogen) atoms. The second-order valence-corrected chi connectivity index (χ2v) is 10.0. The van der Waals surface area contributed by atoms with Gasteiger partial charge in [0.2, 0.25) is 0 Å². The van der Waals surface area contributed by atoms with Crippen molar-refractivity contribution in [3.8, 4) is 22.6 Å². The van der Waals surface area contributed by atoms with Crippen molar-refractivity contribution < 1.29 is 13.2 Å². The Labute approximate surface area is 210 Å². The van der Waals surface area contributed by atoms with E-state index in [9.17, 15) is 13.2 Å². The van der Waals surface area contributed by atoms with Gasteiger partial charge in [0.15, 0.2) is 11.5 Å². The number of nitrogens with two attached hydrogens (primary N) is 1. The minimum absolute atomic E-state index is 0.110. The fraction of sp³-hybridized carbons (Fsp3) is 0.308. The SMILES string of the molecule is Cn1cc(-c2ccc3ccc(-c4nnc5ccc([C@H](N6CC[C@](C)(N)C6)C(F)(F)F)cn45)nc3c2)cn1. The molecule has 8 nitrogen and oxygen atoms in total. The van der Waals surface area contributed by atoms with Gasteiger partial charge in [-0.3, -0.25) is 14.0 Å². The number of pyridine rings is 2. The van der Waals surface area contributed by atoms with E-state index in [4.69, 9.17) is 10.7 Å². The highest BCUT2D eigenvalue weighted by molar-refractivity contribution is 5.85. The van der Waals surface area contributed by atoms with Crippen LogP contribution in [0.4, 0.5) is 13.2 Å². The third kappa shape index (κ3) is 4.34. The summed E-state index contributed by atoms with van der Waals surface area (Å²) in [5.41, 5.74) is 9.22. The van der Waals surface area contributed by atoms with Crippen LogP contribution >= 0.6 is 0 Å². The second kappa shape index (κ2) is 8.35. The Hall–Kier alpha value is -3.83. The molecule has 1 aliphatic heterocycles. The van der Waals surface area contributed by atoms with Crippen molar-refractivity contribution in [2.75, 3.05) is 13.1 Å². The fourth-order valence-corrected chi connectivity index (χ4v) is 5.08. The van der Waals surface area contributed by atoms with E-state index in [-0.39, 0.29) is 18.7 Å². The summed E-state index contributed by atoms with van der Waals surface area (Å²) in [4.78, 5) is 6.18. The number of rotatable bonds is 4. The molecule has 2 atom stereocenters.